The van der Waals surface area contributed by atoms with Crippen molar-refractivity contribution in [2.24, 2.45) is 5.92 Å². The third-order valence-corrected chi connectivity index (χ3v) is 1.61. The quantitative estimate of drug-likeness (QED) is 0.494. The number of hydrogen-bond donors (Lipinski definition) is 1. The molecule has 0 aromatic carbocycles. The number of hydrogen-bond acceptors (Lipinski definition) is 2. The van der Waals surface area contributed by atoms with Crippen LogP contribution in [-0.2, 0) is 4.79 Å². The highest BCUT2D eigenvalue weighted by Crippen LogP contribution is 2.13. The van der Waals surface area contributed by atoms with Gasteiger partial charge >= 0.3 is 5.97 Å². The predicted octanol–water partition coefficient (Wildman–Crippen LogP) is 1.57. The highest BCUT2D eigenvalue weighted by Gasteiger charge is 2.13. The van der Waals surface area contributed by atoms with Gasteiger partial charge in [-0.15, -0.1) is 0 Å². The normalized spacial score (nSPS) is 13.7. The van der Waals surface area contributed by atoms with Crippen LogP contribution in [0.4, 0.5) is 0 Å². The van der Waals surface area contributed by atoms with Gasteiger partial charge in [0, 0.05) is 6.08 Å². The van der Waals surface area contributed by atoms with Gasteiger partial charge in [-0.25, -0.2) is 4.79 Å². The van der Waals surface area contributed by atoms with Crippen molar-refractivity contribution in [2.45, 2.75) is 20.3 Å². The first-order valence-electron chi connectivity index (χ1n) is 3.46. The molecule has 0 bridgehead atoms. The van der Waals surface area contributed by atoms with Crippen molar-refractivity contribution in [1.82, 2.24) is 0 Å². The van der Waals surface area contributed by atoms with Gasteiger partial charge in [-0.1, -0.05) is 13.8 Å². The summed E-state index contributed by atoms with van der Waals surface area (Å²) in [5, 5.41) is 16.8. The van der Waals surface area contributed by atoms with Gasteiger partial charge in [0.1, 0.15) is 0 Å². The van der Waals surface area contributed by atoms with Crippen molar-refractivity contribution in [1.29, 1.82) is 5.26 Å². The number of nitriles is 1. The molecule has 0 rings (SSSR count). The second-order valence-electron chi connectivity index (χ2n) is 2.34. The van der Waals surface area contributed by atoms with Crippen LogP contribution >= 0.6 is 0 Å². The van der Waals surface area contributed by atoms with Crippen LogP contribution in [0.5, 0.6) is 0 Å². The van der Waals surface area contributed by atoms with E-state index in [-0.39, 0.29) is 11.5 Å². The average Bonchev–Trinajstić information content (AvgIpc) is 1.98. The molecule has 11 heavy (non-hydrogen) atoms. The Kier molecular flexibility index (Phi) is 3.97. The van der Waals surface area contributed by atoms with E-state index in [1.165, 1.54) is 0 Å². The molecule has 60 valence electrons. The molecule has 0 aliphatic rings. The molecule has 1 unspecified atom stereocenters. The maximum absolute atomic E-state index is 10.5. The molecule has 0 aliphatic carbocycles. The van der Waals surface area contributed by atoms with Gasteiger partial charge < -0.3 is 5.11 Å². The SMILES string of the molecule is CCC(C)C(=CC#N)C(=O)O. The lowest BCUT2D eigenvalue weighted by molar-refractivity contribution is -0.133. The van der Waals surface area contributed by atoms with Gasteiger partial charge in [0.25, 0.3) is 0 Å². The van der Waals surface area contributed by atoms with E-state index < -0.39 is 5.97 Å². The third-order valence-electron chi connectivity index (χ3n) is 1.61. The molecule has 0 fully saturated rings. The Labute approximate surface area is 66.0 Å². The molecule has 0 saturated carbocycles. The molecular formula is C8H11NO2. The minimum absolute atomic E-state index is 0.0489. The van der Waals surface area contributed by atoms with Crippen LogP contribution in [0.15, 0.2) is 11.6 Å². The Morgan fingerprint density at radius 2 is 2.36 bits per heavy atom. The number of carbonyl (C=O) groups is 1. The zero-order chi connectivity index (χ0) is 8.85. The monoisotopic (exact) mass is 153 g/mol. The highest BCUT2D eigenvalue weighted by molar-refractivity contribution is 5.87. The first-order chi connectivity index (χ1) is 5.13. The Balaban J connectivity index is 4.51. The van der Waals surface area contributed by atoms with Crippen molar-refractivity contribution in [2.75, 3.05) is 0 Å². The van der Waals surface area contributed by atoms with Gasteiger partial charge in [0.2, 0.25) is 0 Å². The van der Waals surface area contributed by atoms with Crippen molar-refractivity contribution in [3.8, 4) is 6.07 Å². The lowest BCUT2D eigenvalue weighted by Crippen LogP contribution is -2.08. The Bertz CT molecular complexity index is 213. The number of carboxylic acid groups (broad SMARTS) is 1. The van der Waals surface area contributed by atoms with Crippen LogP contribution in [0.25, 0.3) is 0 Å². The van der Waals surface area contributed by atoms with Crippen LogP contribution in [0.3, 0.4) is 0 Å². The summed E-state index contributed by atoms with van der Waals surface area (Å²) < 4.78 is 0. The van der Waals surface area contributed by atoms with Crippen molar-refractivity contribution >= 4 is 5.97 Å². The minimum Gasteiger partial charge on any atom is -0.478 e. The average molecular weight is 153 g/mol. The second-order valence-corrected chi connectivity index (χ2v) is 2.34. The fraction of sp³-hybridized carbons (Fsp3) is 0.500. The van der Waals surface area contributed by atoms with Gasteiger partial charge in [0.05, 0.1) is 11.6 Å². The zero-order valence-corrected chi connectivity index (χ0v) is 6.66. The smallest absolute Gasteiger partial charge is 0.332 e. The van der Waals surface area contributed by atoms with Crippen molar-refractivity contribution < 1.29 is 9.90 Å². The summed E-state index contributed by atoms with van der Waals surface area (Å²) in [4.78, 5) is 10.5. The molecule has 0 spiro atoms. The number of carboxylic acids is 1. The summed E-state index contributed by atoms with van der Waals surface area (Å²) in [7, 11) is 0. The first kappa shape index (κ1) is 9.70. The highest BCUT2D eigenvalue weighted by atomic mass is 16.4. The lowest BCUT2D eigenvalue weighted by Gasteiger charge is -2.06. The van der Waals surface area contributed by atoms with Gasteiger partial charge in [0.15, 0.2) is 0 Å². The molecule has 0 heterocycles. The van der Waals surface area contributed by atoms with Crippen LogP contribution in [0, 0.1) is 17.2 Å². The summed E-state index contributed by atoms with van der Waals surface area (Å²) in [6, 6.07) is 1.72. The van der Waals surface area contributed by atoms with Crippen LogP contribution in [0.2, 0.25) is 0 Å². The molecule has 0 radical (unpaired) electrons. The Morgan fingerprint density at radius 3 is 2.64 bits per heavy atom. The van der Waals surface area contributed by atoms with E-state index >= 15 is 0 Å². The second kappa shape index (κ2) is 4.51. The van der Waals surface area contributed by atoms with Crippen molar-refractivity contribution in [3.05, 3.63) is 11.6 Å². The summed E-state index contributed by atoms with van der Waals surface area (Å²) in [6.07, 6.45) is 1.83. The Hall–Kier alpha value is -1.30. The van der Waals surface area contributed by atoms with E-state index in [0.29, 0.717) is 0 Å². The lowest BCUT2D eigenvalue weighted by atomic mass is 9.99. The van der Waals surface area contributed by atoms with Crippen molar-refractivity contribution in [3.63, 3.8) is 0 Å². The molecule has 0 aromatic heterocycles. The number of rotatable bonds is 3. The molecule has 0 aliphatic heterocycles. The van der Waals surface area contributed by atoms with E-state index in [1.54, 1.807) is 13.0 Å². The molecule has 0 saturated heterocycles. The van der Waals surface area contributed by atoms with E-state index in [2.05, 4.69) is 0 Å². The summed E-state index contributed by atoms with van der Waals surface area (Å²) in [6.45, 7) is 3.68. The predicted molar refractivity (Wildman–Crippen MR) is 40.8 cm³/mol. The maximum atomic E-state index is 10.5. The largest absolute Gasteiger partial charge is 0.478 e. The van der Waals surface area contributed by atoms with E-state index in [9.17, 15) is 4.79 Å². The number of aliphatic carboxylic acids is 1. The maximum Gasteiger partial charge on any atom is 0.332 e. The van der Waals surface area contributed by atoms with Gasteiger partial charge in [-0.3, -0.25) is 0 Å². The fourth-order valence-electron chi connectivity index (χ4n) is 0.704. The number of nitrogens with zero attached hydrogens (tertiary/aromatic N) is 1. The van der Waals surface area contributed by atoms with E-state index in [0.717, 1.165) is 12.5 Å². The minimum atomic E-state index is -0.999. The summed E-state index contributed by atoms with van der Waals surface area (Å²) >= 11 is 0. The van der Waals surface area contributed by atoms with Gasteiger partial charge in [-0.05, 0) is 12.3 Å². The first-order valence-corrected chi connectivity index (χ1v) is 3.46. The summed E-state index contributed by atoms with van der Waals surface area (Å²) in [5.41, 5.74) is 0.190. The van der Waals surface area contributed by atoms with E-state index in [1.807, 2.05) is 6.92 Å². The fourth-order valence-corrected chi connectivity index (χ4v) is 0.704. The molecule has 1 atom stereocenters. The molecule has 0 amide bonds. The topological polar surface area (TPSA) is 61.1 Å². The van der Waals surface area contributed by atoms with Gasteiger partial charge in [-0.2, -0.15) is 5.26 Å². The molecule has 0 aromatic rings. The molecule has 1 N–H and O–H groups in total. The third kappa shape index (κ3) is 2.85. The van der Waals surface area contributed by atoms with E-state index in [4.69, 9.17) is 10.4 Å². The van der Waals surface area contributed by atoms with Crippen LogP contribution in [-0.4, -0.2) is 11.1 Å². The molecule has 3 nitrogen and oxygen atoms in total. The zero-order valence-electron chi connectivity index (χ0n) is 6.66. The molecule has 3 heteroatoms. The molecular weight excluding hydrogens is 142 g/mol. The van der Waals surface area contributed by atoms with Crippen LogP contribution in [0.1, 0.15) is 20.3 Å². The number of allylic oxidation sites excluding steroid dienone is 1. The summed E-state index contributed by atoms with van der Waals surface area (Å²) in [5.74, 6) is -1.05. The van der Waals surface area contributed by atoms with Crippen LogP contribution < -0.4 is 0 Å². The Morgan fingerprint density at radius 1 is 1.82 bits per heavy atom. The standard InChI is InChI=1S/C8H11NO2/c1-3-6(2)7(4-5-9)8(10)11/h4,6H,3H2,1-2H3,(H,10,11).